The summed E-state index contributed by atoms with van der Waals surface area (Å²) in [7, 11) is 1.47. The molecule has 0 bridgehead atoms. The molecule has 106 valence electrons. The van der Waals surface area contributed by atoms with E-state index in [2.05, 4.69) is 10.3 Å². The molecular weight excluding hydrogens is 319 g/mol. The number of anilines is 1. The molecule has 0 saturated heterocycles. The van der Waals surface area contributed by atoms with Crippen molar-refractivity contribution in [2.75, 3.05) is 19.0 Å². The number of aromatic nitrogens is 1. The molecule has 1 N–H and O–H groups in total. The first-order chi connectivity index (χ1) is 9.56. The van der Waals surface area contributed by atoms with E-state index in [0.29, 0.717) is 21.6 Å². The number of hydrogen-bond donors (Lipinski definition) is 1. The van der Waals surface area contributed by atoms with Crippen LogP contribution in [0.1, 0.15) is 10.4 Å². The van der Waals surface area contributed by atoms with Crippen LogP contribution in [0.15, 0.2) is 24.4 Å². The zero-order valence-electron chi connectivity index (χ0n) is 10.7. The molecule has 1 amide bonds. The second-order valence-corrected chi connectivity index (χ2v) is 6.06. The molecule has 1 aromatic carbocycles. The first-order valence-corrected chi connectivity index (χ1v) is 7.32. The molecule has 4 nitrogen and oxygen atoms in total. The fourth-order valence-corrected chi connectivity index (χ4v) is 3.08. The maximum absolute atomic E-state index is 11.4. The average molecular weight is 331 g/mol. The SMILES string of the molecule is COCC(=O)Nc1ncc(Cc2cc(Cl)cc(Cl)c2)s1. The van der Waals surface area contributed by atoms with Gasteiger partial charge in [-0.15, -0.1) is 11.3 Å². The molecule has 0 fully saturated rings. The summed E-state index contributed by atoms with van der Waals surface area (Å²) in [5.41, 5.74) is 1.00. The first kappa shape index (κ1) is 15.3. The number of ether oxygens (including phenoxy) is 1. The van der Waals surface area contributed by atoms with E-state index in [1.54, 1.807) is 12.3 Å². The van der Waals surface area contributed by atoms with Crippen LogP contribution in [-0.4, -0.2) is 24.6 Å². The summed E-state index contributed by atoms with van der Waals surface area (Å²) in [4.78, 5) is 16.5. The van der Waals surface area contributed by atoms with Crippen LogP contribution < -0.4 is 5.32 Å². The van der Waals surface area contributed by atoms with Crippen molar-refractivity contribution in [2.24, 2.45) is 0 Å². The van der Waals surface area contributed by atoms with Gasteiger partial charge >= 0.3 is 0 Å². The van der Waals surface area contributed by atoms with E-state index in [1.807, 2.05) is 12.1 Å². The zero-order valence-corrected chi connectivity index (χ0v) is 13.0. The Morgan fingerprint density at radius 1 is 1.35 bits per heavy atom. The number of nitrogens with one attached hydrogen (secondary N) is 1. The van der Waals surface area contributed by atoms with E-state index in [1.165, 1.54) is 18.4 Å². The van der Waals surface area contributed by atoms with Crippen molar-refractivity contribution in [1.29, 1.82) is 0 Å². The number of nitrogens with zero attached hydrogens (tertiary/aromatic N) is 1. The van der Waals surface area contributed by atoms with Crippen molar-refractivity contribution in [3.05, 3.63) is 44.9 Å². The number of halogens is 2. The van der Waals surface area contributed by atoms with Crippen LogP contribution in [0.5, 0.6) is 0 Å². The molecule has 0 atom stereocenters. The van der Waals surface area contributed by atoms with Gasteiger partial charge in [0.2, 0.25) is 0 Å². The lowest BCUT2D eigenvalue weighted by Gasteiger charge is -2.01. The second kappa shape index (κ2) is 7.04. The van der Waals surface area contributed by atoms with E-state index >= 15 is 0 Å². The smallest absolute Gasteiger partial charge is 0.252 e. The van der Waals surface area contributed by atoms with Gasteiger partial charge in [-0.2, -0.15) is 0 Å². The van der Waals surface area contributed by atoms with Gasteiger partial charge in [0.25, 0.3) is 5.91 Å². The summed E-state index contributed by atoms with van der Waals surface area (Å²) in [5.74, 6) is -0.223. The highest BCUT2D eigenvalue weighted by molar-refractivity contribution is 7.15. The highest BCUT2D eigenvalue weighted by Gasteiger charge is 2.07. The van der Waals surface area contributed by atoms with Crippen molar-refractivity contribution in [2.45, 2.75) is 6.42 Å². The van der Waals surface area contributed by atoms with Crippen LogP contribution in [0.2, 0.25) is 10.0 Å². The quantitative estimate of drug-likeness (QED) is 0.910. The highest BCUT2D eigenvalue weighted by Crippen LogP contribution is 2.25. The third-order valence-electron chi connectivity index (χ3n) is 2.38. The highest BCUT2D eigenvalue weighted by atomic mass is 35.5. The Balaban J connectivity index is 2.03. The predicted octanol–water partition coefficient (Wildman–Crippen LogP) is 3.63. The molecule has 7 heteroatoms. The van der Waals surface area contributed by atoms with Crippen molar-refractivity contribution in [1.82, 2.24) is 4.98 Å². The van der Waals surface area contributed by atoms with Crippen molar-refractivity contribution < 1.29 is 9.53 Å². The van der Waals surface area contributed by atoms with Gasteiger partial charge in [-0.3, -0.25) is 10.1 Å². The lowest BCUT2D eigenvalue weighted by atomic mass is 10.1. The number of thiazole rings is 1. The van der Waals surface area contributed by atoms with E-state index in [4.69, 9.17) is 27.9 Å². The summed E-state index contributed by atoms with van der Waals surface area (Å²) in [6.07, 6.45) is 2.39. The molecule has 1 heterocycles. The summed E-state index contributed by atoms with van der Waals surface area (Å²) in [5, 5.41) is 4.42. The minimum absolute atomic E-state index is 0.0127. The normalized spacial score (nSPS) is 10.6. The Morgan fingerprint density at radius 3 is 2.70 bits per heavy atom. The van der Waals surface area contributed by atoms with Crippen LogP contribution in [-0.2, 0) is 16.0 Å². The standard InChI is InChI=1S/C13H12Cl2N2O2S/c1-19-7-12(18)17-13-16-6-11(20-13)4-8-2-9(14)5-10(15)3-8/h2-3,5-6H,4,7H2,1H3,(H,16,17,18). The van der Waals surface area contributed by atoms with E-state index in [-0.39, 0.29) is 12.5 Å². The lowest BCUT2D eigenvalue weighted by Crippen LogP contribution is -2.16. The van der Waals surface area contributed by atoms with Gasteiger partial charge in [-0.05, 0) is 23.8 Å². The summed E-state index contributed by atoms with van der Waals surface area (Å²) >= 11 is 13.3. The number of hydrogen-bond acceptors (Lipinski definition) is 4. The lowest BCUT2D eigenvalue weighted by molar-refractivity contribution is -0.119. The van der Waals surface area contributed by atoms with Crippen LogP contribution in [0, 0.1) is 0 Å². The van der Waals surface area contributed by atoms with Crippen molar-refractivity contribution in [3.8, 4) is 0 Å². The Morgan fingerprint density at radius 2 is 2.05 bits per heavy atom. The van der Waals surface area contributed by atoms with Gasteiger partial charge in [0, 0.05) is 34.6 Å². The molecule has 0 radical (unpaired) electrons. The van der Waals surface area contributed by atoms with E-state index in [9.17, 15) is 4.79 Å². The molecule has 0 aliphatic rings. The largest absolute Gasteiger partial charge is 0.375 e. The summed E-state index contributed by atoms with van der Waals surface area (Å²) < 4.78 is 4.74. The molecular formula is C13H12Cl2N2O2S. The van der Waals surface area contributed by atoms with Crippen molar-refractivity contribution >= 4 is 45.6 Å². The molecule has 0 unspecified atom stereocenters. The monoisotopic (exact) mass is 330 g/mol. The minimum atomic E-state index is -0.223. The molecule has 2 aromatic rings. The average Bonchev–Trinajstić information content (AvgIpc) is 2.75. The molecule has 0 aliphatic carbocycles. The minimum Gasteiger partial charge on any atom is -0.375 e. The van der Waals surface area contributed by atoms with Crippen molar-refractivity contribution in [3.63, 3.8) is 0 Å². The third-order valence-corrected chi connectivity index (χ3v) is 3.73. The van der Waals surface area contributed by atoms with Gasteiger partial charge in [-0.25, -0.2) is 4.98 Å². The first-order valence-electron chi connectivity index (χ1n) is 5.75. The van der Waals surface area contributed by atoms with Crippen LogP contribution in [0.3, 0.4) is 0 Å². The maximum Gasteiger partial charge on any atom is 0.252 e. The van der Waals surface area contributed by atoms with Crippen LogP contribution >= 0.6 is 34.5 Å². The second-order valence-electron chi connectivity index (χ2n) is 4.07. The number of carbonyl (C=O) groups is 1. The molecule has 1 aromatic heterocycles. The van der Waals surface area contributed by atoms with Crippen LogP contribution in [0.25, 0.3) is 0 Å². The molecule has 0 spiro atoms. The summed E-state index contributed by atoms with van der Waals surface area (Å²) in [6.45, 7) is 0.0127. The van der Waals surface area contributed by atoms with Gasteiger partial charge in [0.05, 0.1) is 0 Å². The fraction of sp³-hybridized carbons (Fsp3) is 0.231. The van der Waals surface area contributed by atoms with Gasteiger partial charge in [0.15, 0.2) is 5.13 Å². The predicted molar refractivity (Wildman–Crippen MR) is 81.9 cm³/mol. The number of amides is 1. The van der Waals surface area contributed by atoms with E-state index < -0.39 is 0 Å². The van der Waals surface area contributed by atoms with E-state index in [0.717, 1.165) is 10.4 Å². The number of benzene rings is 1. The summed E-state index contributed by atoms with van der Waals surface area (Å²) in [6, 6.07) is 5.41. The van der Waals surface area contributed by atoms with Gasteiger partial charge < -0.3 is 4.74 Å². The Kier molecular flexibility index (Phi) is 5.37. The van der Waals surface area contributed by atoms with Crippen LogP contribution in [0.4, 0.5) is 5.13 Å². The Hall–Kier alpha value is -1.14. The molecule has 2 rings (SSSR count). The number of carbonyl (C=O) groups excluding carboxylic acids is 1. The molecule has 0 saturated carbocycles. The number of methoxy groups -OCH3 is 1. The number of rotatable bonds is 5. The molecule has 20 heavy (non-hydrogen) atoms. The fourth-order valence-electron chi connectivity index (χ4n) is 1.65. The Bertz CT molecular complexity index is 596. The van der Waals surface area contributed by atoms with Gasteiger partial charge in [-0.1, -0.05) is 23.2 Å². The maximum atomic E-state index is 11.4. The van der Waals surface area contributed by atoms with Gasteiger partial charge in [0.1, 0.15) is 6.61 Å². The topological polar surface area (TPSA) is 51.2 Å². The third kappa shape index (κ3) is 4.45. The Labute approximate surface area is 130 Å². The molecule has 0 aliphatic heterocycles. The zero-order chi connectivity index (χ0) is 14.5.